The highest BCUT2D eigenvalue weighted by molar-refractivity contribution is 6.00. The molecule has 1 aromatic heterocycles. The van der Waals surface area contributed by atoms with Crippen molar-refractivity contribution in [2.24, 2.45) is 5.16 Å². The van der Waals surface area contributed by atoms with E-state index in [1.54, 1.807) is 24.4 Å². The molecule has 172 valence electrons. The second-order valence-electron chi connectivity index (χ2n) is 8.22. The lowest BCUT2D eigenvalue weighted by molar-refractivity contribution is -0.141. The number of aliphatic hydroxyl groups excluding tert-OH is 1. The summed E-state index contributed by atoms with van der Waals surface area (Å²) in [6.07, 6.45) is 1.65. The van der Waals surface area contributed by atoms with Crippen LogP contribution in [0.5, 0.6) is 0 Å². The van der Waals surface area contributed by atoms with Crippen LogP contribution in [0.3, 0.4) is 0 Å². The van der Waals surface area contributed by atoms with Gasteiger partial charge in [0.2, 0.25) is 0 Å². The van der Waals surface area contributed by atoms with E-state index in [4.69, 9.17) is 9.57 Å². The van der Waals surface area contributed by atoms with Crippen LogP contribution in [0.2, 0.25) is 0 Å². The number of carbonyl (C=O) groups excluding carboxylic acids is 2. The number of halogens is 1. The summed E-state index contributed by atoms with van der Waals surface area (Å²) in [5, 5.41) is 13.1. The quantitative estimate of drug-likeness (QED) is 0.667. The lowest BCUT2D eigenvalue weighted by Gasteiger charge is -2.16. The summed E-state index contributed by atoms with van der Waals surface area (Å²) >= 11 is 0. The van der Waals surface area contributed by atoms with Crippen LogP contribution >= 0.6 is 0 Å². The number of nitrogens with zero attached hydrogens (tertiary/aromatic N) is 3. The van der Waals surface area contributed by atoms with E-state index in [0.717, 1.165) is 5.56 Å². The van der Waals surface area contributed by atoms with Crippen LogP contribution in [0.25, 0.3) is 11.1 Å². The van der Waals surface area contributed by atoms with Crippen LogP contribution in [0.4, 0.5) is 14.9 Å². The van der Waals surface area contributed by atoms with Gasteiger partial charge in [0.1, 0.15) is 17.6 Å². The van der Waals surface area contributed by atoms with E-state index in [9.17, 15) is 14.7 Å². The van der Waals surface area contributed by atoms with Gasteiger partial charge in [0.25, 0.3) is 0 Å². The third-order valence-electron chi connectivity index (χ3n) is 6.23. The van der Waals surface area contributed by atoms with E-state index >= 15 is 4.39 Å². The van der Waals surface area contributed by atoms with Gasteiger partial charge in [0.15, 0.2) is 6.10 Å². The van der Waals surface area contributed by atoms with E-state index in [0.29, 0.717) is 47.5 Å². The summed E-state index contributed by atoms with van der Waals surface area (Å²) < 4.78 is 25.2. The summed E-state index contributed by atoms with van der Waals surface area (Å²) in [4.78, 5) is 34.9. The summed E-state index contributed by atoms with van der Waals surface area (Å²) in [5.41, 5.74) is 3.53. The van der Waals surface area contributed by atoms with Crippen molar-refractivity contribution < 1.29 is 33.4 Å². The number of esters is 1. The number of rotatable bonds is 6. The zero-order valence-electron chi connectivity index (χ0n) is 17.9. The molecule has 1 amide bonds. The number of pyridine rings is 1. The Morgan fingerprint density at radius 2 is 2.18 bits per heavy atom. The Labute approximate surface area is 188 Å². The Morgan fingerprint density at radius 3 is 2.88 bits per heavy atom. The molecule has 0 unspecified atom stereocenters. The molecule has 0 radical (unpaired) electrons. The summed E-state index contributed by atoms with van der Waals surface area (Å²) in [6.45, 7) is -0.124. The molecule has 2 aromatic rings. The number of aromatic nitrogens is 1. The second kappa shape index (κ2) is 8.43. The Hall–Kier alpha value is -3.53. The minimum atomic E-state index is -0.535. The first-order valence-corrected chi connectivity index (χ1v) is 10.7. The Kier molecular flexibility index (Phi) is 5.45. The first-order chi connectivity index (χ1) is 16.0. The first kappa shape index (κ1) is 21.3. The number of hydrogen-bond acceptors (Lipinski definition) is 8. The van der Waals surface area contributed by atoms with Crippen molar-refractivity contribution in [1.82, 2.24) is 4.98 Å². The average molecular weight is 455 g/mol. The molecule has 4 heterocycles. The predicted octanol–water partition coefficient (Wildman–Crippen LogP) is 2.58. The van der Waals surface area contributed by atoms with E-state index in [2.05, 4.69) is 14.9 Å². The molecule has 9 nitrogen and oxygen atoms in total. The second-order valence-corrected chi connectivity index (χ2v) is 8.22. The highest BCUT2D eigenvalue weighted by Gasteiger charge is 2.47. The van der Waals surface area contributed by atoms with Crippen molar-refractivity contribution in [3.63, 3.8) is 0 Å². The monoisotopic (exact) mass is 455 g/mol. The number of methoxy groups -OCH3 is 1. The SMILES string of the molecule is COC(=O)CC[C@@H]1OC(=O)N2c3cc(F)c(-c4ccc(C5=NO[C@H](CO)C5)nc4)cc3C[C@@H]12. The number of anilines is 1. The van der Waals surface area contributed by atoms with Gasteiger partial charge in [-0.2, -0.15) is 0 Å². The van der Waals surface area contributed by atoms with Crippen molar-refractivity contribution in [2.75, 3.05) is 18.6 Å². The molecular weight excluding hydrogens is 433 g/mol. The van der Waals surface area contributed by atoms with Gasteiger partial charge in [-0.3, -0.25) is 14.7 Å². The van der Waals surface area contributed by atoms with Crippen molar-refractivity contribution in [3.8, 4) is 11.1 Å². The standard InChI is InChI=1S/C23H22FN3O6/c1-31-22(29)5-4-21-20-7-13-6-15(16(24)9-19(13)27(20)23(30)32-21)12-2-3-17(25-10-12)18-8-14(11-28)33-26-18/h2-3,6,9-10,14,20-21,28H,4-5,7-8,11H2,1H3/t14-,20-,21-/m0/s1. The van der Waals surface area contributed by atoms with E-state index < -0.39 is 18.0 Å². The molecule has 3 atom stereocenters. The van der Waals surface area contributed by atoms with Crippen LogP contribution in [0.1, 0.15) is 30.5 Å². The molecule has 3 aliphatic rings. The Bertz CT molecular complexity index is 1140. The Morgan fingerprint density at radius 1 is 1.33 bits per heavy atom. The smallest absolute Gasteiger partial charge is 0.415 e. The van der Waals surface area contributed by atoms with Gasteiger partial charge in [0.05, 0.1) is 31.1 Å². The highest BCUT2D eigenvalue weighted by atomic mass is 19.1. The van der Waals surface area contributed by atoms with Crippen LogP contribution in [-0.4, -0.2) is 59.8 Å². The number of benzene rings is 1. The highest BCUT2D eigenvalue weighted by Crippen LogP contribution is 2.42. The van der Waals surface area contributed by atoms with Crippen LogP contribution in [-0.2, 0) is 25.5 Å². The fourth-order valence-corrected chi connectivity index (χ4v) is 4.52. The van der Waals surface area contributed by atoms with Crippen LogP contribution in [0, 0.1) is 5.82 Å². The number of carbonyl (C=O) groups is 2. The van der Waals surface area contributed by atoms with Crippen molar-refractivity contribution in [3.05, 3.63) is 47.5 Å². The molecule has 0 aliphatic carbocycles. The van der Waals surface area contributed by atoms with Gasteiger partial charge in [-0.25, -0.2) is 9.18 Å². The number of fused-ring (bicyclic) bond motifs is 3. The third kappa shape index (κ3) is 3.80. The molecule has 0 saturated carbocycles. The van der Waals surface area contributed by atoms with Gasteiger partial charge >= 0.3 is 12.1 Å². The van der Waals surface area contributed by atoms with E-state index in [1.807, 2.05) is 0 Å². The molecule has 0 bridgehead atoms. The number of aliphatic hydroxyl groups is 1. The van der Waals surface area contributed by atoms with Gasteiger partial charge in [-0.15, -0.1) is 0 Å². The molecule has 1 aromatic carbocycles. The third-order valence-corrected chi connectivity index (χ3v) is 6.23. The lowest BCUT2D eigenvalue weighted by Crippen LogP contribution is -2.33. The molecule has 3 aliphatic heterocycles. The molecular formula is C23H22FN3O6. The van der Waals surface area contributed by atoms with Crippen molar-refractivity contribution in [2.45, 2.75) is 43.9 Å². The predicted molar refractivity (Wildman–Crippen MR) is 114 cm³/mol. The zero-order valence-corrected chi connectivity index (χ0v) is 17.9. The number of ether oxygens (including phenoxy) is 2. The normalized spacial score (nSPS) is 23.0. The number of hydrogen-bond donors (Lipinski definition) is 1. The minimum absolute atomic E-state index is 0.124. The largest absolute Gasteiger partial charge is 0.469 e. The maximum absolute atomic E-state index is 15.1. The van der Waals surface area contributed by atoms with Gasteiger partial charge in [0, 0.05) is 30.2 Å². The van der Waals surface area contributed by atoms with Gasteiger partial charge < -0.3 is 19.4 Å². The maximum Gasteiger partial charge on any atom is 0.415 e. The van der Waals surface area contributed by atoms with E-state index in [-0.39, 0.29) is 31.1 Å². The maximum atomic E-state index is 15.1. The molecule has 0 spiro atoms. The first-order valence-electron chi connectivity index (χ1n) is 10.7. The number of amides is 1. The minimum Gasteiger partial charge on any atom is -0.469 e. The topological polar surface area (TPSA) is 111 Å². The molecule has 1 saturated heterocycles. The molecule has 1 N–H and O–H groups in total. The summed E-state index contributed by atoms with van der Waals surface area (Å²) in [7, 11) is 1.31. The van der Waals surface area contributed by atoms with Crippen LogP contribution < -0.4 is 4.90 Å². The molecule has 10 heteroatoms. The summed E-state index contributed by atoms with van der Waals surface area (Å²) in [5.74, 6) is -0.844. The van der Waals surface area contributed by atoms with E-state index in [1.165, 1.54) is 18.1 Å². The molecule has 1 fully saturated rings. The van der Waals surface area contributed by atoms with Crippen LogP contribution in [0.15, 0.2) is 35.6 Å². The molecule has 33 heavy (non-hydrogen) atoms. The fraction of sp³-hybridized carbons (Fsp3) is 0.391. The summed E-state index contributed by atoms with van der Waals surface area (Å²) in [6, 6.07) is 6.30. The number of oxime groups is 1. The lowest BCUT2D eigenvalue weighted by atomic mass is 9.98. The zero-order chi connectivity index (χ0) is 23.1. The van der Waals surface area contributed by atoms with Crippen molar-refractivity contribution >= 4 is 23.5 Å². The fourth-order valence-electron chi connectivity index (χ4n) is 4.52. The Balaban J connectivity index is 1.37. The van der Waals surface area contributed by atoms with Gasteiger partial charge in [-0.05, 0) is 36.6 Å². The van der Waals surface area contributed by atoms with Crippen molar-refractivity contribution in [1.29, 1.82) is 0 Å². The molecule has 5 rings (SSSR count). The number of cyclic esters (lactones) is 1. The van der Waals surface area contributed by atoms with Gasteiger partial charge in [-0.1, -0.05) is 11.2 Å². The average Bonchev–Trinajstić information content (AvgIpc) is 3.52.